The van der Waals surface area contributed by atoms with Crippen molar-refractivity contribution < 1.29 is 44.3 Å². The van der Waals surface area contributed by atoms with Crippen LogP contribution in [0.4, 0.5) is 5.69 Å². The molecule has 1 aliphatic heterocycles. The second-order valence-corrected chi connectivity index (χ2v) is 11.8. The van der Waals surface area contributed by atoms with Crippen molar-refractivity contribution in [3.63, 3.8) is 0 Å². The number of benzene rings is 3. The van der Waals surface area contributed by atoms with Crippen molar-refractivity contribution in [3.05, 3.63) is 87.5 Å². The molecule has 2 aliphatic carbocycles. The fraction of sp³-hybridized carbons (Fsp3) is 0.382. The lowest BCUT2D eigenvalue weighted by Crippen LogP contribution is -2.54. The Morgan fingerprint density at radius 1 is 1.02 bits per heavy atom. The van der Waals surface area contributed by atoms with E-state index in [9.17, 15) is 34.8 Å². The number of hydrogen-bond acceptors (Lipinski definition) is 11. The van der Waals surface area contributed by atoms with Gasteiger partial charge in [-0.05, 0) is 25.5 Å². The SMILES string of the molecule is C.CC(=O)[C@]1(O)Cc2c(O)c3c(c(O)c2[C@@H](OC2CC(NCc4ccccc4N)C(O)C(C)O2)C1)C(=O)c1ccccc1C3=O.Cl.Cl. The van der Waals surface area contributed by atoms with Crippen LogP contribution in [0.3, 0.4) is 0 Å². The Kier molecular flexibility index (Phi) is 11.5. The third kappa shape index (κ3) is 6.49. The van der Waals surface area contributed by atoms with Crippen LogP contribution in [0, 0.1) is 0 Å². The summed E-state index contributed by atoms with van der Waals surface area (Å²) in [6.07, 6.45) is -4.36. The molecule has 3 aromatic carbocycles. The number of Topliss-reactive ketones (excluding diaryl/α,β-unsaturated/α-hetero) is 1. The number of carbonyl (C=O) groups excluding carboxylic acids is 3. The van der Waals surface area contributed by atoms with Crippen LogP contribution in [-0.4, -0.2) is 67.9 Å². The summed E-state index contributed by atoms with van der Waals surface area (Å²) < 4.78 is 12.3. The maximum Gasteiger partial charge on any atom is 0.198 e. The van der Waals surface area contributed by atoms with Crippen LogP contribution < -0.4 is 11.1 Å². The lowest BCUT2D eigenvalue weighted by atomic mass is 9.72. The predicted molar refractivity (Wildman–Crippen MR) is 179 cm³/mol. The van der Waals surface area contributed by atoms with Crippen LogP contribution in [0.5, 0.6) is 11.5 Å². The number of ketones is 3. The molecule has 7 N–H and O–H groups in total. The standard InChI is InChI=1S/C33H34N2O9.CH4.2ClH/c1-15-28(37)22(35-14-17-7-3-6-10-21(17)34)11-24(43-15)44-23-13-33(42,16(2)36)12-20-25(23)32(41)27-26(31(20)40)29(38)18-8-4-5-9-19(18)30(27)39;;;/h3-10,15,22-24,28,35,37,40-42H,11-14,34H2,1-2H3;1H4;2*1H/t15?,22?,23-,24?,28?,33-;;;/m0.../s1. The molecule has 3 aromatic rings. The molecule has 0 spiro atoms. The van der Waals surface area contributed by atoms with Gasteiger partial charge in [-0.1, -0.05) is 49.9 Å². The molecule has 6 atom stereocenters. The first-order valence-corrected chi connectivity index (χ1v) is 14.5. The molecule has 0 bridgehead atoms. The van der Waals surface area contributed by atoms with E-state index in [1.54, 1.807) is 25.1 Å². The van der Waals surface area contributed by atoms with Gasteiger partial charge in [-0.25, -0.2) is 0 Å². The maximum absolute atomic E-state index is 13.5. The number of nitrogens with one attached hydrogen (secondary N) is 1. The van der Waals surface area contributed by atoms with Gasteiger partial charge in [0, 0.05) is 59.8 Å². The minimum atomic E-state index is -2.00. The van der Waals surface area contributed by atoms with Gasteiger partial charge in [-0.3, -0.25) is 14.4 Å². The molecule has 1 saturated heterocycles. The summed E-state index contributed by atoms with van der Waals surface area (Å²) >= 11 is 0. The molecule has 13 heteroatoms. The van der Waals surface area contributed by atoms with E-state index in [-0.39, 0.29) is 78.5 Å². The van der Waals surface area contributed by atoms with Gasteiger partial charge in [-0.15, -0.1) is 24.8 Å². The number of hydrogen-bond donors (Lipinski definition) is 6. The normalized spacial score (nSPS) is 26.0. The Balaban J connectivity index is 0.00000200. The smallest absolute Gasteiger partial charge is 0.198 e. The monoisotopic (exact) mass is 690 g/mol. The van der Waals surface area contributed by atoms with Gasteiger partial charge in [0.25, 0.3) is 0 Å². The lowest BCUT2D eigenvalue weighted by Gasteiger charge is -2.43. The molecule has 0 amide bonds. The number of aliphatic hydroxyl groups excluding tert-OH is 1. The van der Waals surface area contributed by atoms with E-state index in [0.29, 0.717) is 12.2 Å². The second kappa shape index (κ2) is 14.3. The van der Waals surface area contributed by atoms with Crippen LogP contribution in [0.2, 0.25) is 0 Å². The van der Waals surface area contributed by atoms with E-state index in [2.05, 4.69) is 5.32 Å². The number of phenols is 2. The maximum atomic E-state index is 13.5. The van der Waals surface area contributed by atoms with E-state index < -0.39 is 71.5 Å². The number of aromatic hydroxyl groups is 2. The van der Waals surface area contributed by atoms with E-state index >= 15 is 0 Å². The molecule has 1 fully saturated rings. The molecule has 6 rings (SSSR count). The average Bonchev–Trinajstić information content (AvgIpc) is 2.99. The minimum Gasteiger partial charge on any atom is -0.507 e. The number of phenolic OH excluding ortho intramolecular Hbond substituents is 2. The third-order valence-corrected chi connectivity index (χ3v) is 9.06. The van der Waals surface area contributed by atoms with Crippen molar-refractivity contribution in [1.82, 2.24) is 5.32 Å². The summed E-state index contributed by atoms with van der Waals surface area (Å²) in [4.78, 5) is 39.7. The second-order valence-electron chi connectivity index (χ2n) is 11.8. The summed E-state index contributed by atoms with van der Waals surface area (Å²) in [5.74, 6) is -3.07. The average molecular weight is 692 g/mol. The molecule has 4 unspecified atom stereocenters. The number of para-hydroxylation sites is 1. The first kappa shape index (κ1) is 37.9. The molecule has 11 nitrogen and oxygen atoms in total. The van der Waals surface area contributed by atoms with Gasteiger partial charge in [0.15, 0.2) is 23.6 Å². The molecule has 254 valence electrons. The molecular weight excluding hydrogens is 651 g/mol. The highest BCUT2D eigenvalue weighted by Gasteiger charge is 2.49. The quantitative estimate of drug-likeness (QED) is 0.127. The number of halogens is 2. The zero-order valence-electron chi connectivity index (χ0n) is 25.1. The summed E-state index contributed by atoms with van der Waals surface area (Å²) in [6.45, 7) is 3.24. The zero-order valence-corrected chi connectivity index (χ0v) is 26.7. The number of rotatable bonds is 6. The Bertz CT molecular complexity index is 1700. The molecule has 1 heterocycles. The predicted octanol–water partition coefficient (Wildman–Crippen LogP) is 3.91. The van der Waals surface area contributed by atoms with Crippen LogP contribution in [0.1, 0.15) is 88.8 Å². The van der Waals surface area contributed by atoms with Crippen molar-refractivity contribution in [2.45, 2.75) is 83.3 Å². The van der Waals surface area contributed by atoms with E-state index in [0.717, 1.165) is 5.56 Å². The highest BCUT2D eigenvalue weighted by molar-refractivity contribution is 6.30. The van der Waals surface area contributed by atoms with Crippen molar-refractivity contribution in [3.8, 4) is 11.5 Å². The van der Waals surface area contributed by atoms with E-state index in [1.807, 2.05) is 18.2 Å². The topological polar surface area (TPSA) is 189 Å². The fourth-order valence-corrected chi connectivity index (χ4v) is 6.53. The molecular formula is C34H40Cl2N2O9. The summed E-state index contributed by atoms with van der Waals surface area (Å²) in [6, 6.07) is 12.9. The number of carbonyl (C=O) groups is 3. The van der Waals surface area contributed by atoms with Crippen LogP contribution in [0.15, 0.2) is 48.5 Å². The van der Waals surface area contributed by atoms with Crippen molar-refractivity contribution >= 4 is 47.9 Å². The number of nitrogens with two attached hydrogens (primary N) is 1. The summed E-state index contributed by atoms with van der Waals surface area (Å²) in [5.41, 5.74) is 4.86. The van der Waals surface area contributed by atoms with Gasteiger partial charge in [0.05, 0.1) is 29.4 Å². The number of anilines is 1. The molecule has 0 radical (unpaired) electrons. The van der Waals surface area contributed by atoms with Gasteiger partial charge < -0.3 is 41.0 Å². The third-order valence-electron chi connectivity index (χ3n) is 9.06. The molecule has 0 aromatic heterocycles. The van der Waals surface area contributed by atoms with Gasteiger partial charge >= 0.3 is 0 Å². The Hall–Kier alpha value is -3.55. The minimum absolute atomic E-state index is 0. The lowest BCUT2D eigenvalue weighted by molar-refractivity contribution is -0.249. The Morgan fingerprint density at radius 3 is 2.19 bits per heavy atom. The zero-order chi connectivity index (χ0) is 31.5. The van der Waals surface area contributed by atoms with E-state index in [4.69, 9.17) is 15.2 Å². The molecule has 0 saturated carbocycles. The number of fused-ring (bicyclic) bond motifs is 3. The molecule has 47 heavy (non-hydrogen) atoms. The van der Waals surface area contributed by atoms with Gasteiger partial charge in [-0.2, -0.15) is 0 Å². The van der Waals surface area contributed by atoms with Crippen molar-refractivity contribution in [2.75, 3.05) is 5.73 Å². The first-order chi connectivity index (χ1) is 20.9. The number of ether oxygens (including phenoxy) is 2. The Morgan fingerprint density at radius 2 is 1.60 bits per heavy atom. The fourth-order valence-electron chi connectivity index (χ4n) is 6.53. The Labute approximate surface area is 284 Å². The highest BCUT2D eigenvalue weighted by Crippen LogP contribution is 2.52. The molecule has 3 aliphatic rings. The van der Waals surface area contributed by atoms with E-state index in [1.165, 1.54) is 19.1 Å². The van der Waals surface area contributed by atoms with Crippen LogP contribution in [-0.2, 0) is 27.2 Å². The summed E-state index contributed by atoms with van der Waals surface area (Å²) in [5, 5.41) is 48.6. The van der Waals surface area contributed by atoms with Gasteiger partial charge in [0.2, 0.25) is 0 Å². The van der Waals surface area contributed by atoms with Gasteiger partial charge in [0.1, 0.15) is 17.1 Å². The van der Waals surface area contributed by atoms with Crippen LogP contribution >= 0.6 is 24.8 Å². The largest absolute Gasteiger partial charge is 0.507 e. The first-order valence-electron chi connectivity index (χ1n) is 14.5. The van der Waals surface area contributed by atoms with Crippen LogP contribution in [0.25, 0.3) is 0 Å². The number of aliphatic hydroxyl groups is 2. The number of nitrogen functional groups attached to an aromatic ring is 1. The highest BCUT2D eigenvalue weighted by atomic mass is 35.5. The summed E-state index contributed by atoms with van der Waals surface area (Å²) in [7, 11) is 0. The van der Waals surface area contributed by atoms with Crippen molar-refractivity contribution in [2.24, 2.45) is 0 Å². The van der Waals surface area contributed by atoms with Crippen molar-refractivity contribution in [1.29, 1.82) is 0 Å².